The van der Waals surface area contributed by atoms with Gasteiger partial charge in [0.15, 0.2) is 6.19 Å². The molecular formula is C7H7N3. The Labute approximate surface area is 59.5 Å². The molecule has 1 heterocycles. The Morgan fingerprint density at radius 1 is 1.20 bits per heavy atom. The minimum atomic E-state index is 0.268. The monoisotopic (exact) mass is 133 g/mol. The summed E-state index contributed by atoms with van der Waals surface area (Å²) >= 11 is 0. The van der Waals surface area contributed by atoms with Crippen LogP contribution < -0.4 is 0 Å². The Hall–Kier alpha value is -1.22. The first-order valence-corrected chi connectivity index (χ1v) is 3.41. The van der Waals surface area contributed by atoms with Crippen molar-refractivity contribution in [3.63, 3.8) is 0 Å². The normalized spacial score (nSPS) is 41.8. The highest BCUT2D eigenvalue weighted by Crippen LogP contribution is 2.50. The molecule has 0 aromatic heterocycles. The molecule has 1 saturated heterocycles. The summed E-state index contributed by atoms with van der Waals surface area (Å²) in [5, 5.41) is 17.0. The van der Waals surface area contributed by atoms with E-state index in [2.05, 4.69) is 12.3 Å². The summed E-state index contributed by atoms with van der Waals surface area (Å²) < 4.78 is 0. The van der Waals surface area contributed by atoms with Gasteiger partial charge in [0.25, 0.3) is 0 Å². The van der Waals surface area contributed by atoms with Gasteiger partial charge < -0.3 is 4.90 Å². The second-order valence-corrected chi connectivity index (χ2v) is 2.99. The molecule has 2 aliphatic rings. The number of likely N-dealkylation sites (tertiary alicyclic amines) is 1. The molecule has 0 aromatic carbocycles. The average molecular weight is 133 g/mol. The van der Waals surface area contributed by atoms with Gasteiger partial charge in [-0.05, 0) is 11.8 Å². The summed E-state index contributed by atoms with van der Waals surface area (Å²) in [7, 11) is 0. The summed E-state index contributed by atoms with van der Waals surface area (Å²) in [5.41, 5.74) is 0. The maximum absolute atomic E-state index is 8.52. The van der Waals surface area contributed by atoms with Crippen molar-refractivity contribution >= 4 is 0 Å². The molecule has 2 fully saturated rings. The number of nitrogens with zero attached hydrogens (tertiary/aromatic N) is 3. The van der Waals surface area contributed by atoms with Crippen molar-refractivity contribution in [3.05, 3.63) is 0 Å². The third-order valence-corrected chi connectivity index (χ3v) is 2.48. The lowest BCUT2D eigenvalue weighted by Gasteiger charge is -2.07. The van der Waals surface area contributed by atoms with E-state index in [9.17, 15) is 0 Å². The Bertz CT molecular complexity index is 210. The molecule has 1 aliphatic carbocycles. The first-order valence-electron chi connectivity index (χ1n) is 3.41. The number of hydrogen-bond donors (Lipinski definition) is 0. The quantitative estimate of drug-likeness (QED) is 0.442. The molecule has 3 nitrogen and oxygen atoms in total. The third kappa shape index (κ3) is 0.525. The van der Waals surface area contributed by atoms with Crippen LogP contribution in [0.3, 0.4) is 0 Å². The lowest BCUT2D eigenvalue weighted by atomic mass is 10.3. The molecule has 0 bridgehead atoms. The predicted octanol–water partition coefficient (Wildman–Crippen LogP) is 0.169. The summed E-state index contributed by atoms with van der Waals surface area (Å²) in [4.78, 5) is 1.74. The molecule has 1 saturated carbocycles. The highest BCUT2D eigenvalue weighted by atomic mass is 15.2. The van der Waals surface area contributed by atoms with Crippen LogP contribution in [0.5, 0.6) is 0 Å². The number of rotatable bonds is 0. The molecule has 3 atom stereocenters. The smallest absolute Gasteiger partial charge is 0.179 e. The Morgan fingerprint density at radius 2 is 1.80 bits per heavy atom. The Balaban J connectivity index is 1.99. The zero-order valence-electron chi connectivity index (χ0n) is 5.49. The summed E-state index contributed by atoms with van der Waals surface area (Å²) in [6.45, 7) is 1.64. The molecule has 0 aromatic rings. The summed E-state index contributed by atoms with van der Waals surface area (Å²) in [6.07, 6.45) is 2.09. The standard InChI is InChI=1S/C7H7N3/c8-1-5-6-2-10(4-9)3-7(5)6/h5-7H,2-3H2/t5?,6-,7+. The molecule has 3 heteroatoms. The zero-order valence-corrected chi connectivity index (χ0v) is 5.49. The van der Waals surface area contributed by atoms with Crippen LogP contribution >= 0.6 is 0 Å². The first-order chi connectivity index (χ1) is 4.86. The molecule has 0 amide bonds. The third-order valence-electron chi connectivity index (χ3n) is 2.48. The maximum atomic E-state index is 8.52. The molecule has 2 rings (SSSR count). The van der Waals surface area contributed by atoms with Crippen molar-refractivity contribution in [2.45, 2.75) is 0 Å². The van der Waals surface area contributed by atoms with E-state index in [-0.39, 0.29) is 5.92 Å². The topological polar surface area (TPSA) is 50.8 Å². The van der Waals surface area contributed by atoms with Crippen LogP contribution in [0, 0.1) is 40.5 Å². The van der Waals surface area contributed by atoms with Gasteiger partial charge in [-0.1, -0.05) is 0 Å². The predicted molar refractivity (Wildman–Crippen MR) is 33.3 cm³/mol. The lowest BCUT2D eigenvalue weighted by Crippen LogP contribution is -2.17. The number of hydrogen-bond acceptors (Lipinski definition) is 3. The fourth-order valence-electron chi connectivity index (χ4n) is 1.80. The van der Waals surface area contributed by atoms with E-state index in [1.54, 1.807) is 4.90 Å². The maximum Gasteiger partial charge on any atom is 0.179 e. The minimum Gasteiger partial charge on any atom is -0.310 e. The van der Waals surface area contributed by atoms with E-state index in [1.807, 2.05) is 0 Å². The van der Waals surface area contributed by atoms with E-state index in [1.165, 1.54) is 0 Å². The zero-order chi connectivity index (χ0) is 7.14. The van der Waals surface area contributed by atoms with Crippen molar-refractivity contribution < 1.29 is 0 Å². The fraction of sp³-hybridized carbons (Fsp3) is 0.714. The highest BCUT2D eigenvalue weighted by Gasteiger charge is 2.56. The number of piperidine rings is 1. The van der Waals surface area contributed by atoms with E-state index >= 15 is 0 Å². The summed E-state index contributed by atoms with van der Waals surface area (Å²) in [6, 6.07) is 2.25. The molecule has 50 valence electrons. The van der Waals surface area contributed by atoms with Crippen LogP contribution in [0.2, 0.25) is 0 Å². The number of nitriles is 2. The van der Waals surface area contributed by atoms with E-state index < -0.39 is 0 Å². The van der Waals surface area contributed by atoms with E-state index in [0.717, 1.165) is 13.1 Å². The van der Waals surface area contributed by atoms with Gasteiger partial charge in [0.05, 0.1) is 12.0 Å². The van der Waals surface area contributed by atoms with E-state index in [4.69, 9.17) is 10.5 Å². The van der Waals surface area contributed by atoms with Crippen molar-refractivity contribution in [3.8, 4) is 12.3 Å². The fourth-order valence-corrected chi connectivity index (χ4v) is 1.80. The van der Waals surface area contributed by atoms with Crippen molar-refractivity contribution in [1.82, 2.24) is 4.90 Å². The first kappa shape index (κ1) is 5.56. The molecule has 1 aliphatic heterocycles. The van der Waals surface area contributed by atoms with Crippen LogP contribution in [-0.2, 0) is 0 Å². The van der Waals surface area contributed by atoms with Crippen LogP contribution in [0.25, 0.3) is 0 Å². The van der Waals surface area contributed by atoms with Crippen molar-refractivity contribution in [2.75, 3.05) is 13.1 Å². The van der Waals surface area contributed by atoms with Gasteiger partial charge in [0.2, 0.25) is 0 Å². The van der Waals surface area contributed by atoms with Crippen LogP contribution in [0.1, 0.15) is 0 Å². The second-order valence-electron chi connectivity index (χ2n) is 2.99. The van der Waals surface area contributed by atoms with Gasteiger partial charge >= 0.3 is 0 Å². The average Bonchev–Trinajstić information content (AvgIpc) is 2.43. The second kappa shape index (κ2) is 1.64. The number of fused-ring (bicyclic) bond motifs is 1. The van der Waals surface area contributed by atoms with Crippen LogP contribution in [-0.4, -0.2) is 18.0 Å². The Morgan fingerprint density at radius 3 is 2.20 bits per heavy atom. The molecule has 0 radical (unpaired) electrons. The van der Waals surface area contributed by atoms with Gasteiger partial charge in [-0.25, -0.2) is 0 Å². The van der Waals surface area contributed by atoms with Crippen molar-refractivity contribution in [1.29, 1.82) is 10.5 Å². The van der Waals surface area contributed by atoms with Crippen LogP contribution in [0.4, 0.5) is 0 Å². The van der Waals surface area contributed by atoms with Crippen molar-refractivity contribution in [2.24, 2.45) is 17.8 Å². The molecule has 0 spiro atoms. The highest BCUT2D eigenvalue weighted by molar-refractivity contribution is 5.15. The van der Waals surface area contributed by atoms with Gasteiger partial charge in [0, 0.05) is 13.1 Å². The molecule has 10 heavy (non-hydrogen) atoms. The Kier molecular flexibility index (Phi) is 0.910. The lowest BCUT2D eigenvalue weighted by molar-refractivity contribution is 0.416. The molecular weight excluding hydrogens is 126 g/mol. The van der Waals surface area contributed by atoms with Gasteiger partial charge in [0.1, 0.15) is 0 Å². The summed E-state index contributed by atoms with van der Waals surface area (Å²) in [5.74, 6) is 1.30. The van der Waals surface area contributed by atoms with Gasteiger partial charge in [-0.3, -0.25) is 0 Å². The van der Waals surface area contributed by atoms with Gasteiger partial charge in [-0.2, -0.15) is 10.5 Å². The largest absolute Gasteiger partial charge is 0.310 e. The van der Waals surface area contributed by atoms with Gasteiger partial charge in [-0.15, -0.1) is 0 Å². The molecule has 1 unspecified atom stereocenters. The van der Waals surface area contributed by atoms with E-state index in [0.29, 0.717) is 11.8 Å². The molecule has 0 N–H and O–H groups in total. The van der Waals surface area contributed by atoms with Crippen LogP contribution in [0.15, 0.2) is 0 Å². The SMILES string of the molecule is N#CC1[C@H]2CN(C#N)C[C@@H]12. The minimum absolute atomic E-state index is 0.268.